The van der Waals surface area contributed by atoms with Crippen molar-refractivity contribution in [2.24, 2.45) is 4.99 Å². The summed E-state index contributed by atoms with van der Waals surface area (Å²) in [4.78, 5) is 46.6. The van der Waals surface area contributed by atoms with E-state index in [1.807, 2.05) is 60.7 Å². The fourth-order valence-corrected chi connectivity index (χ4v) is 6.33. The van der Waals surface area contributed by atoms with Crippen LogP contribution in [0, 0.1) is 10.1 Å². The Morgan fingerprint density at radius 3 is 2.11 bits per heavy atom. The second-order valence-electron chi connectivity index (χ2n) is 9.12. The summed E-state index contributed by atoms with van der Waals surface area (Å²) in [6.45, 7) is 0. The summed E-state index contributed by atoms with van der Waals surface area (Å²) in [5.74, 6) is 0. The summed E-state index contributed by atoms with van der Waals surface area (Å²) < 4.78 is 1.78. The van der Waals surface area contributed by atoms with E-state index in [0.717, 1.165) is 11.1 Å². The highest BCUT2D eigenvalue weighted by Gasteiger charge is 2.69. The SMILES string of the molecule is CN1C(=O)N(C)[C@@]2(c3ccccc3)Nn3c(s/c(=C/c4ccc([N+](=O)[O-])cc4)c3=O)=N[C@]12c1ccccc1. The van der Waals surface area contributed by atoms with Crippen molar-refractivity contribution in [2.45, 2.75) is 11.3 Å². The maximum atomic E-state index is 13.7. The number of rotatable bonds is 4. The predicted molar refractivity (Wildman–Crippen MR) is 143 cm³/mol. The summed E-state index contributed by atoms with van der Waals surface area (Å²) in [5.41, 5.74) is 2.76. The molecule has 1 saturated heterocycles. The molecule has 0 radical (unpaired) electrons. The molecule has 1 aromatic heterocycles. The number of hydrogen-bond donors (Lipinski definition) is 1. The van der Waals surface area contributed by atoms with Crippen molar-refractivity contribution in [1.29, 1.82) is 0 Å². The number of aromatic nitrogens is 1. The lowest BCUT2D eigenvalue weighted by Gasteiger charge is -2.49. The molecule has 0 unspecified atom stereocenters. The van der Waals surface area contributed by atoms with Crippen molar-refractivity contribution in [3.05, 3.63) is 131 Å². The molecular formula is C27H22N6O4S. The van der Waals surface area contributed by atoms with E-state index < -0.39 is 16.2 Å². The number of amides is 2. The molecule has 4 aromatic rings. The van der Waals surface area contributed by atoms with Crippen LogP contribution in [0.15, 0.2) is 94.7 Å². The van der Waals surface area contributed by atoms with Crippen molar-refractivity contribution in [2.75, 3.05) is 19.5 Å². The zero-order valence-corrected chi connectivity index (χ0v) is 21.3. The number of nitrogens with zero attached hydrogens (tertiary/aromatic N) is 5. The first kappa shape index (κ1) is 23.6. The number of non-ortho nitro benzene ring substituents is 1. The summed E-state index contributed by atoms with van der Waals surface area (Å²) in [5, 5.41) is 11.0. The molecule has 2 aliphatic rings. The normalized spacial score (nSPS) is 22.5. The Hall–Kier alpha value is -4.77. The van der Waals surface area contributed by atoms with Gasteiger partial charge in [0, 0.05) is 37.4 Å². The molecule has 11 heteroatoms. The lowest BCUT2D eigenvalue weighted by Crippen LogP contribution is -2.67. The third-order valence-electron chi connectivity index (χ3n) is 7.17. The van der Waals surface area contributed by atoms with E-state index in [2.05, 4.69) is 5.43 Å². The van der Waals surface area contributed by atoms with Crippen LogP contribution in [-0.2, 0) is 11.3 Å². The number of fused-ring (bicyclic) bond motifs is 2. The van der Waals surface area contributed by atoms with E-state index in [1.54, 1.807) is 42.1 Å². The molecule has 3 heterocycles. The third-order valence-corrected chi connectivity index (χ3v) is 8.14. The lowest BCUT2D eigenvalue weighted by atomic mass is 9.80. The van der Waals surface area contributed by atoms with Crippen LogP contribution in [0.1, 0.15) is 16.7 Å². The minimum atomic E-state index is -1.25. The van der Waals surface area contributed by atoms with Crippen molar-refractivity contribution >= 4 is 29.1 Å². The molecule has 2 atom stereocenters. The Balaban J connectivity index is 1.65. The Morgan fingerprint density at radius 2 is 1.50 bits per heavy atom. The van der Waals surface area contributed by atoms with E-state index in [0.29, 0.717) is 14.9 Å². The summed E-state index contributed by atoms with van der Waals surface area (Å²) in [6.07, 6.45) is 1.68. The number of nitrogens with one attached hydrogen (secondary N) is 1. The maximum Gasteiger partial charge on any atom is 0.324 e. The summed E-state index contributed by atoms with van der Waals surface area (Å²) in [7, 11) is 3.42. The van der Waals surface area contributed by atoms with Crippen LogP contribution in [0.4, 0.5) is 10.5 Å². The van der Waals surface area contributed by atoms with E-state index in [-0.39, 0.29) is 17.3 Å². The molecule has 1 N–H and O–H groups in total. The average Bonchev–Trinajstić information content (AvgIpc) is 3.33. The molecule has 1 fully saturated rings. The standard InChI is InChI=1S/C27H22N6O4S/c1-30-25(35)31(2)27(20-11-7-4-8-12-20)26(30,19-9-5-3-6-10-19)28-24-32(29-27)23(34)22(38-24)17-18-13-15-21(16-14-18)33(36)37/h3-17,29H,1-2H3/b22-17+/t26-,27-/m1/s1. The molecule has 2 amide bonds. The molecule has 0 spiro atoms. The Labute approximate surface area is 220 Å². The molecule has 2 aliphatic heterocycles. The van der Waals surface area contributed by atoms with Gasteiger partial charge in [0.15, 0.2) is 0 Å². The van der Waals surface area contributed by atoms with Crippen LogP contribution in [0.5, 0.6) is 0 Å². The van der Waals surface area contributed by atoms with Gasteiger partial charge in [-0.15, -0.1) is 0 Å². The zero-order chi connectivity index (χ0) is 26.7. The summed E-state index contributed by atoms with van der Waals surface area (Å²) >= 11 is 1.18. The van der Waals surface area contributed by atoms with Crippen LogP contribution in [0.25, 0.3) is 6.08 Å². The Morgan fingerprint density at radius 1 is 0.895 bits per heavy atom. The van der Waals surface area contributed by atoms with Gasteiger partial charge in [0.05, 0.1) is 9.46 Å². The van der Waals surface area contributed by atoms with Gasteiger partial charge in [0.2, 0.25) is 16.1 Å². The topological polar surface area (TPSA) is 113 Å². The van der Waals surface area contributed by atoms with E-state index in [4.69, 9.17) is 4.99 Å². The van der Waals surface area contributed by atoms with Gasteiger partial charge in [-0.3, -0.25) is 30.1 Å². The fraction of sp³-hybridized carbons (Fsp3) is 0.148. The van der Waals surface area contributed by atoms with Gasteiger partial charge >= 0.3 is 6.03 Å². The number of carbonyl (C=O) groups is 1. The highest BCUT2D eigenvalue weighted by atomic mass is 32.1. The highest BCUT2D eigenvalue weighted by molar-refractivity contribution is 7.07. The first-order chi connectivity index (χ1) is 18.3. The van der Waals surface area contributed by atoms with Gasteiger partial charge in [-0.05, 0) is 23.8 Å². The number of nitro benzene ring substituents is 1. The van der Waals surface area contributed by atoms with Crippen molar-refractivity contribution in [3.8, 4) is 0 Å². The maximum absolute atomic E-state index is 13.7. The molecule has 10 nitrogen and oxygen atoms in total. The molecule has 0 saturated carbocycles. The zero-order valence-electron chi connectivity index (χ0n) is 20.4. The quantitative estimate of drug-likeness (QED) is 0.324. The number of benzene rings is 3. The lowest BCUT2D eigenvalue weighted by molar-refractivity contribution is -0.384. The highest BCUT2D eigenvalue weighted by Crippen LogP contribution is 2.53. The van der Waals surface area contributed by atoms with E-state index in [9.17, 15) is 19.7 Å². The van der Waals surface area contributed by atoms with Gasteiger partial charge in [0.1, 0.15) is 0 Å². The Bertz CT molecular complexity index is 1750. The minimum Gasteiger partial charge on any atom is -0.295 e. The van der Waals surface area contributed by atoms with Gasteiger partial charge in [-0.1, -0.05) is 72.0 Å². The van der Waals surface area contributed by atoms with Crippen LogP contribution in [-0.4, -0.2) is 39.5 Å². The van der Waals surface area contributed by atoms with Crippen molar-refractivity contribution < 1.29 is 9.72 Å². The number of urea groups is 1. The number of thiazole rings is 1. The van der Waals surface area contributed by atoms with Gasteiger partial charge < -0.3 is 0 Å². The molecule has 0 aliphatic carbocycles. The first-order valence-corrected chi connectivity index (χ1v) is 12.6. The fourth-order valence-electron chi connectivity index (χ4n) is 5.36. The van der Waals surface area contributed by atoms with Gasteiger partial charge in [-0.25, -0.2) is 9.79 Å². The van der Waals surface area contributed by atoms with E-state index >= 15 is 0 Å². The summed E-state index contributed by atoms with van der Waals surface area (Å²) in [6, 6.07) is 24.8. The minimum absolute atomic E-state index is 0.0285. The second kappa shape index (κ2) is 8.38. The molecule has 0 bridgehead atoms. The molecule has 3 aromatic carbocycles. The van der Waals surface area contributed by atoms with Gasteiger partial charge in [-0.2, -0.15) is 4.68 Å². The first-order valence-electron chi connectivity index (χ1n) is 11.8. The molecule has 190 valence electrons. The number of carbonyl (C=O) groups excluding carboxylic acids is 1. The number of nitro groups is 1. The largest absolute Gasteiger partial charge is 0.324 e. The average molecular weight is 527 g/mol. The van der Waals surface area contributed by atoms with Crippen LogP contribution < -0.4 is 20.3 Å². The van der Waals surface area contributed by atoms with Gasteiger partial charge in [0.25, 0.3) is 11.2 Å². The van der Waals surface area contributed by atoms with Crippen molar-refractivity contribution in [3.63, 3.8) is 0 Å². The smallest absolute Gasteiger partial charge is 0.295 e. The van der Waals surface area contributed by atoms with Crippen molar-refractivity contribution in [1.82, 2.24) is 14.5 Å². The van der Waals surface area contributed by atoms with E-state index in [1.165, 1.54) is 28.1 Å². The van der Waals surface area contributed by atoms with Crippen LogP contribution in [0.2, 0.25) is 0 Å². The van der Waals surface area contributed by atoms with Crippen LogP contribution >= 0.6 is 11.3 Å². The number of hydrogen-bond acceptors (Lipinski definition) is 7. The van der Waals surface area contributed by atoms with Crippen LogP contribution in [0.3, 0.4) is 0 Å². The molecule has 38 heavy (non-hydrogen) atoms. The predicted octanol–water partition coefficient (Wildman–Crippen LogP) is 2.53. The second-order valence-corrected chi connectivity index (χ2v) is 10.1. The molecular weight excluding hydrogens is 504 g/mol. The third kappa shape index (κ3) is 3.08. The number of likely N-dealkylation sites (N-methyl/N-ethyl adjacent to an activating group) is 2. The Kier molecular flexibility index (Phi) is 5.21. The molecule has 6 rings (SSSR count). The monoisotopic (exact) mass is 526 g/mol.